The van der Waals surface area contributed by atoms with Crippen molar-refractivity contribution in [3.8, 4) is 5.75 Å². The van der Waals surface area contributed by atoms with Crippen LogP contribution in [0.3, 0.4) is 0 Å². The summed E-state index contributed by atoms with van der Waals surface area (Å²) >= 11 is 0. The molecule has 0 atom stereocenters. The predicted molar refractivity (Wildman–Crippen MR) is 103 cm³/mol. The van der Waals surface area contributed by atoms with Crippen molar-refractivity contribution in [3.63, 3.8) is 0 Å². The van der Waals surface area contributed by atoms with E-state index in [1.807, 2.05) is 6.92 Å². The van der Waals surface area contributed by atoms with Crippen molar-refractivity contribution < 1.29 is 17.9 Å². The van der Waals surface area contributed by atoms with Gasteiger partial charge in [0.05, 0.1) is 12.3 Å². The van der Waals surface area contributed by atoms with Crippen LogP contribution in [0.1, 0.15) is 6.92 Å². The van der Waals surface area contributed by atoms with Gasteiger partial charge in [-0.05, 0) is 43.3 Å². The molecule has 2 rings (SSSR count). The fourth-order valence-corrected chi connectivity index (χ4v) is 3.29. The van der Waals surface area contributed by atoms with Gasteiger partial charge in [-0.15, -0.1) is 0 Å². The maximum absolute atomic E-state index is 12.6. The highest BCUT2D eigenvalue weighted by Crippen LogP contribution is 2.20. The molecule has 0 unspecified atom stereocenters. The monoisotopic (exact) mass is 377 g/mol. The second kappa shape index (κ2) is 8.68. The number of carbonyl (C=O) groups is 1. The van der Waals surface area contributed by atoms with E-state index in [-0.39, 0.29) is 6.54 Å². The highest BCUT2D eigenvalue weighted by atomic mass is 32.2. The molecule has 0 aliphatic carbocycles. The van der Waals surface area contributed by atoms with Crippen molar-refractivity contribution in [2.45, 2.75) is 6.92 Å². The highest BCUT2D eigenvalue weighted by Gasteiger charge is 2.27. The fourth-order valence-electron chi connectivity index (χ4n) is 2.23. The molecule has 140 valence electrons. The topological polar surface area (TPSA) is 79.0 Å². The normalized spacial score (nSPS) is 11.2. The van der Waals surface area contributed by atoms with Gasteiger partial charge in [-0.25, -0.2) is 4.31 Å². The number of benzene rings is 2. The van der Waals surface area contributed by atoms with Crippen LogP contribution in [0, 0.1) is 0 Å². The molecule has 0 radical (unpaired) electrons. The molecule has 1 amide bonds. The van der Waals surface area contributed by atoms with E-state index in [1.165, 1.54) is 14.1 Å². The summed E-state index contributed by atoms with van der Waals surface area (Å²) in [5.74, 6) is 0.259. The minimum Gasteiger partial charge on any atom is -0.494 e. The van der Waals surface area contributed by atoms with E-state index in [0.29, 0.717) is 23.7 Å². The van der Waals surface area contributed by atoms with Crippen LogP contribution in [0.4, 0.5) is 11.4 Å². The highest BCUT2D eigenvalue weighted by molar-refractivity contribution is 7.90. The molecule has 0 aliphatic heterocycles. The first-order valence-corrected chi connectivity index (χ1v) is 9.52. The van der Waals surface area contributed by atoms with Gasteiger partial charge < -0.3 is 10.1 Å². The lowest BCUT2D eigenvalue weighted by Gasteiger charge is -2.26. The van der Waals surface area contributed by atoms with Gasteiger partial charge >= 0.3 is 10.2 Å². The molecule has 0 fully saturated rings. The third-order valence-corrected chi connectivity index (χ3v) is 5.34. The van der Waals surface area contributed by atoms with E-state index in [2.05, 4.69) is 5.32 Å². The number of rotatable bonds is 8. The molecular weight excluding hydrogens is 354 g/mol. The standard InChI is InChI=1S/C18H23N3O4S/c1-4-25-17-12-10-15(11-13-17)19-18(22)14-21(26(23,24)20(2)3)16-8-6-5-7-9-16/h5-13H,4,14H2,1-3H3,(H,19,22). The van der Waals surface area contributed by atoms with Gasteiger partial charge in [0.2, 0.25) is 5.91 Å². The van der Waals surface area contributed by atoms with E-state index >= 15 is 0 Å². The number of ether oxygens (including phenoxy) is 1. The molecule has 0 bridgehead atoms. The first-order chi connectivity index (χ1) is 12.3. The summed E-state index contributed by atoms with van der Waals surface area (Å²) < 4.78 is 32.7. The maximum Gasteiger partial charge on any atom is 0.304 e. The van der Waals surface area contributed by atoms with Crippen LogP contribution in [0.5, 0.6) is 5.75 Å². The van der Waals surface area contributed by atoms with Crippen LogP contribution in [0.15, 0.2) is 54.6 Å². The zero-order valence-electron chi connectivity index (χ0n) is 15.0. The summed E-state index contributed by atoms with van der Waals surface area (Å²) in [5, 5.41) is 2.70. The van der Waals surface area contributed by atoms with Crippen molar-refractivity contribution in [1.29, 1.82) is 0 Å². The van der Waals surface area contributed by atoms with E-state index in [0.717, 1.165) is 8.61 Å². The Bertz CT molecular complexity index is 821. The fraction of sp³-hybridized carbons (Fsp3) is 0.278. The zero-order chi connectivity index (χ0) is 19.2. The van der Waals surface area contributed by atoms with Crippen molar-refractivity contribution in [1.82, 2.24) is 4.31 Å². The van der Waals surface area contributed by atoms with Gasteiger partial charge in [-0.3, -0.25) is 4.79 Å². The van der Waals surface area contributed by atoms with Crippen molar-refractivity contribution in [2.24, 2.45) is 0 Å². The molecular formula is C18H23N3O4S. The molecule has 0 saturated carbocycles. The van der Waals surface area contributed by atoms with Gasteiger partial charge in [0.1, 0.15) is 12.3 Å². The summed E-state index contributed by atoms with van der Waals surface area (Å²) in [7, 11) is -0.955. The Balaban J connectivity index is 2.16. The van der Waals surface area contributed by atoms with E-state index < -0.39 is 16.1 Å². The Morgan fingerprint density at radius 3 is 2.19 bits per heavy atom. The Morgan fingerprint density at radius 1 is 1.04 bits per heavy atom. The van der Waals surface area contributed by atoms with Crippen molar-refractivity contribution >= 4 is 27.5 Å². The first-order valence-electron chi connectivity index (χ1n) is 8.12. The van der Waals surface area contributed by atoms with Crippen LogP contribution < -0.4 is 14.4 Å². The number of amides is 1. The van der Waals surface area contributed by atoms with E-state index in [1.54, 1.807) is 54.6 Å². The number of hydrogen-bond donors (Lipinski definition) is 1. The van der Waals surface area contributed by atoms with E-state index in [4.69, 9.17) is 4.74 Å². The summed E-state index contributed by atoms with van der Waals surface area (Å²) in [4.78, 5) is 12.4. The predicted octanol–water partition coefficient (Wildman–Crippen LogP) is 2.34. The molecule has 7 nitrogen and oxygen atoms in total. The van der Waals surface area contributed by atoms with Gasteiger partial charge in [0, 0.05) is 19.8 Å². The quantitative estimate of drug-likeness (QED) is 0.766. The maximum atomic E-state index is 12.6. The van der Waals surface area contributed by atoms with Crippen LogP contribution in [0.25, 0.3) is 0 Å². The van der Waals surface area contributed by atoms with Crippen molar-refractivity contribution in [2.75, 3.05) is 36.9 Å². The molecule has 0 spiro atoms. The number of carbonyl (C=O) groups excluding carboxylic acids is 1. The second-order valence-electron chi connectivity index (χ2n) is 5.64. The average Bonchev–Trinajstić information content (AvgIpc) is 2.62. The summed E-state index contributed by atoms with van der Waals surface area (Å²) in [6.07, 6.45) is 0. The lowest BCUT2D eigenvalue weighted by molar-refractivity contribution is -0.114. The second-order valence-corrected chi connectivity index (χ2v) is 7.70. The number of anilines is 2. The van der Waals surface area contributed by atoms with E-state index in [9.17, 15) is 13.2 Å². The van der Waals surface area contributed by atoms with Gasteiger partial charge in [-0.1, -0.05) is 18.2 Å². The minimum absolute atomic E-state index is 0.336. The summed E-state index contributed by atoms with van der Waals surface area (Å²) in [5.41, 5.74) is 0.983. The zero-order valence-corrected chi connectivity index (χ0v) is 15.9. The Morgan fingerprint density at radius 2 is 1.65 bits per heavy atom. The number of para-hydroxylation sites is 1. The van der Waals surface area contributed by atoms with Crippen LogP contribution >= 0.6 is 0 Å². The summed E-state index contributed by atoms with van der Waals surface area (Å²) in [6, 6.07) is 15.4. The Hall–Kier alpha value is -2.58. The summed E-state index contributed by atoms with van der Waals surface area (Å²) in [6.45, 7) is 2.11. The molecule has 0 heterocycles. The minimum atomic E-state index is -3.81. The van der Waals surface area contributed by atoms with Crippen LogP contribution in [-0.4, -0.2) is 45.9 Å². The number of hydrogen-bond acceptors (Lipinski definition) is 4. The van der Waals surface area contributed by atoms with Crippen molar-refractivity contribution in [3.05, 3.63) is 54.6 Å². The molecule has 1 N–H and O–H groups in total. The smallest absolute Gasteiger partial charge is 0.304 e. The number of nitrogens with one attached hydrogen (secondary N) is 1. The van der Waals surface area contributed by atoms with Gasteiger partial charge in [-0.2, -0.15) is 12.7 Å². The molecule has 0 aliphatic rings. The molecule has 0 aromatic heterocycles. The number of nitrogens with zero attached hydrogens (tertiary/aromatic N) is 2. The largest absolute Gasteiger partial charge is 0.494 e. The first kappa shape index (κ1) is 19.7. The molecule has 0 saturated heterocycles. The molecule has 2 aromatic rings. The third kappa shape index (κ3) is 4.96. The molecule has 26 heavy (non-hydrogen) atoms. The van der Waals surface area contributed by atoms with Gasteiger partial charge in [0.15, 0.2) is 0 Å². The SMILES string of the molecule is CCOc1ccc(NC(=O)CN(c2ccccc2)S(=O)(=O)N(C)C)cc1. The van der Waals surface area contributed by atoms with Crippen LogP contribution in [-0.2, 0) is 15.0 Å². The molecule has 8 heteroatoms. The Kier molecular flexibility index (Phi) is 6.59. The third-order valence-electron chi connectivity index (χ3n) is 3.52. The van der Waals surface area contributed by atoms with Crippen LogP contribution in [0.2, 0.25) is 0 Å². The lowest BCUT2D eigenvalue weighted by atomic mass is 10.3. The van der Waals surface area contributed by atoms with Gasteiger partial charge in [0.25, 0.3) is 0 Å². The lowest BCUT2D eigenvalue weighted by Crippen LogP contribution is -2.44. The Labute approximate surface area is 154 Å². The average molecular weight is 377 g/mol. The molecule has 2 aromatic carbocycles.